The highest BCUT2D eigenvalue weighted by Crippen LogP contribution is 2.60. The third-order valence-electron chi connectivity index (χ3n) is 5.52. The van der Waals surface area contributed by atoms with E-state index in [-0.39, 0.29) is 29.6 Å². The van der Waals surface area contributed by atoms with Gasteiger partial charge in [0.25, 0.3) is 0 Å². The summed E-state index contributed by atoms with van der Waals surface area (Å²) in [5, 5.41) is 0. The number of nitrogens with zero attached hydrogens (tertiary/aromatic N) is 1. The first-order valence-electron chi connectivity index (χ1n) is 7.87. The van der Waals surface area contributed by atoms with Gasteiger partial charge in [0.15, 0.2) is 0 Å². The van der Waals surface area contributed by atoms with Gasteiger partial charge < -0.3 is 4.74 Å². The zero-order valence-electron chi connectivity index (χ0n) is 12.8. The smallest absolute Gasteiger partial charge is 0.241 e. The summed E-state index contributed by atoms with van der Waals surface area (Å²) in [6, 6.07) is 7.20. The van der Waals surface area contributed by atoms with Gasteiger partial charge in [-0.3, -0.25) is 9.59 Å². The third kappa shape index (κ3) is 1.52. The van der Waals surface area contributed by atoms with Crippen molar-refractivity contribution in [3.63, 3.8) is 0 Å². The number of rotatable bonds is 3. The van der Waals surface area contributed by atoms with Crippen LogP contribution in [-0.2, 0) is 9.59 Å². The molecule has 2 amide bonds. The van der Waals surface area contributed by atoms with Gasteiger partial charge >= 0.3 is 0 Å². The van der Waals surface area contributed by atoms with Crippen molar-refractivity contribution in [1.29, 1.82) is 0 Å². The van der Waals surface area contributed by atoms with Gasteiger partial charge in [0, 0.05) is 0 Å². The number of fused-ring (bicyclic) bond motifs is 5. The van der Waals surface area contributed by atoms with E-state index in [2.05, 4.69) is 12.2 Å². The first kappa shape index (κ1) is 13.6. The molecule has 114 valence electrons. The van der Waals surface area contributed by atoms with Gasteiger partial charge in [-0.1, -0.05) is 12.2 Å². The molecule has 4 atom stereocenters. The summed E-state index contributed by atoms with van der Waals surface area (Å²) in [6.07, 6.45) is 5.17. The second-order valence-corrected chi connectivity index (χ2v) is 6.56. The first-order valence-corrected chi connectivity index (χ1v) is 7.87. The Bertz CT molecular complexity index is 678. The van der Waals surface area contributed by atoms with E-state index in [9.17, 15) is 9.59 Å². The van der Waals surface area contributed by atoms with Crippen molar-refractivity contribution in [3.8, 4) is 5.75 Å². The Morgan fingerprint density at radius 2 is 1.95 bits per heavy atom. The highest BCUT2D eigenvalue weighted by Gasteiger charge is 2.67. The zero-order chi connectivity index (χ0) is 15.5. The van der Waals surface area contributed by atoms with Crippen molar-refractivity contribution in [2.75, 3.05) is 11.5 Å². The van der Waals surface area contributed by atoms with E-state index in [1.54, 1.807) is 12.1 Å². The largest absolute Gasteiger partial charge is 0.494 e. The summed E-state index contributed by atoms with van der Waals surface area (Å²) < 4.78 is 5.42. The predicted molar refractivity (Wildman–Crippen MR) is 82.4 cm³/mol. The fourth-order valence-corrected chi connectivity index (χ4v) is 4.41. The Hall–Kier alpha value is -2.10. The Balaban J connectivity index is 1.70. The molecule has 2 aliphatic carbocycles. The van der Waals surface area contributed by atoms with Crippen LogP contribution in [0.4, 0.5) is 5.69 Å². The number of imide groups is 1. The molecular weight excluding hydrogens is 278 g/mol. The van der Waals surface area contributed by atoms with Crippen LogP contribution in [0.1, 0.15) is 20.3 Å². The van der Waals surface area contributed by atoms with Gasteiger partial charge in [-0.25, -0.2) is 4.90 Å². The summed E-state index contributed by atoms with van der Waals surface area (Å²) in [5.74, 6) is 0.878. The quantitative estimate of drug-likeness (QED) is 0.636. The molecule has 3 aliphatic rings. The zero-order valence-corrected chi connectivity index (χ0v) is 12.8. The molecule has 1 saturated carbocycles. The molecule has 1 aliphatic heterocycles. The van der Waals surface area contributed by atoms with Gasteiger partial charge in [0.05, 0.1) is 23.6 Å². The first-order chi connectivity index (χ1) is 10.6. The lowest BCUT2D eigenvalue weighted by Gasteiger charge is -2.28. The minimum atomic E-state index is -0.560. The molecule has 22 heavy (non-hydrogen) atoms. The molecule has 4 rings (SSSR count). The van der Waals surface area contributed by atoms with E-state index < -0.39 is 5.41 Å². The number of benzene rings is 1. The van der Waals surface area contributed by atoms with E-state index in [1.807, 2.05) is 26.0 Å². The van der Waals surface area contributed by atoms with Crippen LogP contribution in [-0.4, -0.2) is 18.4 Å². The lowest BCUT2D eigenvalue weighted by atomic mass is 9.71. The second-order valence-electron chi connectivity index (χ2n) is 6.56. The summed E-state index contributed by atoms with van der Waals surface area (Å²) in [6.45, 7) is 4.48. The number of ether oxygens (including phenoxy) is 1. The van der Waals surface area contributed by atoms with Gasteiger partial charge in [-0.15, -0.1) is 0 Å². The average molecular weight is 297 g/mol. The van der Waals surface area contributed by atoms with Crippen molar-refractivity contribution < 1.29 is 14.3 Å². The molecule has 2 fully saturated rings. The van der Waals surface area contributed by atoms with Crippen LogP contribution in [0.2, 0.25) is 0 Å². The summed E-state index contributed by atoms with van der Waals surface area (Å²) in [7, 11) is 0. The van der Waals surface area contributed by atoms with E-state index in [0.717, 1.165) is 12.2 Å². The Labute approximate surface area is 129 Å². The van der Waals surface area contributed by atoms with Crippen LogP contribution in [0, 0.1) is 23.2 Å². The molecule has 2 bridgehead atoms. The fraction of sp³-hybridized carbons (Fsp3) is 0.444. The van der Waals surface area contributed by atoms with E-state index in [1.165, 1.54) is 4.90 Å². The molecule has 0 aromatic heterocycles. The summed E-state index contributed by atoms with van der Waals surface area (Å²) >= 11 is 0. The molecule has 1 aromatic carbocycles. The van der Waals surface area contributed by atoms with Crippen LogP contribution >= 0.6 is 0 Å². The maximum absolute atomic E-state index is 13.0. The standard InChI is InChI=1S/C18H19NO3/c1-3-22-14-8-6-13(7-9-14)19-16(20)15-11-4-5-12(10-11)18(15,2)17(19)21/h4-9,11-12,15H,3,10H2,1-2H3/t11-,12-,15+,18+/m1/s1. The van der Waals surface area contributed by atoms with Gasteiger partial charge in [0.2, 0.25) is 11.8 Å². The van der Waals surface area contributed by atoms with Crippen LogP contribution < -0.4 is 9.64 Å². The molecule has 1 saturated heterocycles. The number of carbonyl (C=O) groups excluding carboxylic acids is 2. The minimum absolute atomic E-state index is 0.0477. The number of hydrogen-bond donors (Lipinski definition) is 0. The molecular formula is C18H19NO3. The van der Waals surface area contributed by atoms with Crippen molar-refractivity contribution in [2.24, 2.45) is 23.2 Å². The van der Waals surface area contributed by atoms with E-state index >= 15 is 0 Å². The van der Waals surface area contributed by atoms with Crippen molar-refractivity contribution in [3.05, 3.63) is 36.4 Å². The number of carbonyl (C=O) groups is 2. The number of anilines is 1. The molecule has 4 heteroatoms. The molecule has 4 nitrogen and oxygen atoms in total. The van der Waals surface area contributed by atoms with Gasteiger partial charge in [-0.2, -0.15) is 0 Å². The third-order valence-corrected chi connectivity index (χ3v) is 5.52. The number of hydrogen-bond acceptors (Lipinski definition) is 3. The van der Waals surface area contributed by atoms with Crippen molar-refractivity contribution >= 4 is 17.5 Å². The SMILES string of the molecule is CCOc1ccc(N2C(=O)[C@@H]3[C@@H]4C=C[C@H](C4)[C@]3(C)C2=O)cc1. The maximum atomic E-state index is 13.0. The van der Waals surface area contributed by atoms with Crippen LogP contribution in [0.5, 0.6) is 5.75 Å². The van der Waals surface area contributed by atoms with Crippen LogP contribution in [0.25, 0.3) is 0 Å². The number of allylic oxidation sites excluding steroid dienone is 2. The van der Waals surface area contributed by atoms with E-state index in [0.29, 0.717) is 12.3 Å². The van der Waals surface area contributed by atoms with Crippen LogP contribution in [0.3, 0.4) is 0 Å². The normalized spacial score (nSPS) is 35.4. The fourth-order valence-electron chi connectivity index (χ4n) is 4.41. The van der Waals surface area contributed by atoms with Gasteiger partial charge in [-0.05, 0) is 56.4 Å². The highest BCUT2D eigenvalue weighted by atomic mass is 16.5. The average Bonchev–Trinajstić information content (AvgIpc) is 3.14. The molecule has 0 spiro atoms. The van der Waals surface area contributed by atoms with Crippen molar-refractivity contribution in [2.45, 2.75) is 20.3 Å². The lowest BCUT2D eigenvalue weighted by molar-refractivity contribution is -0.127. The second kappa shape index (κ2) is 4.45. The molecule has 1 heterocycles. The Kier molecular flexibility index (Phi) is 2.74. The topological polar surface area (TPSA) is 46.6 Å². The molecule has 0 radical (unpaired) electrons. The van der Waals surface area contributed by atoms with Crippen LogP contribution in [0.15, 0.2) is 36.4 Å². The monoisotopic (exact) mass is 297 g/mol. The lowest BCUT2D eigenvalue weighted by Crippen LogP contribution is -2.37. The minimum Gasteiger partial charge on any atom is -0.494 e. The Morgan fingerprint density at radius 3 is 2.59 bits per heavy atom. The molecule has 0 unspecified atom stereocenters. The van der Waals surface area contributed by atoms with Gasteiger partial charge in [0.1, 0.15) is 5.75 Å². The maximum Gasteiger partial charge on any atom is 0.241 e. The number of amides is 2. The van der Waals surface area contributed by atoms with Crippen molar-refractivity contribution in [1.82, 2.24) is 0 Å². The molecule has 0 N–H and O–H groups in total. The summed E-state index contributed by atoms with van der Waals surface area (Å²) in [4.78, 5) is 27.2. The highest BCUT2D eigenvalue weighted by molar-refractivity contribution is 6.24. The predicted octanol–water partition coefficient (Wildman–Crippen LogP) is 2.79. The Morgan fingerprint density at radius 1 is 1.23 bits per heavy atom. The van der Waals surface area contributed by atoms with E-state index in [4.69, 9.17) is 4.74 Å². The summed E-state index contributed by atoms with van der Waals surface area (Å²) in [5.41, 5.74) is 0.0863. The molecule has 1 aromatic rings.